The van der Waals surface area contributed by atoms with Crippen molar-refractivity contribution >= 4 is 17.4 Å². The molecule has 0 radical (unpaired) electrons. The minimum atomic E-state index is -0.428. The molecule has 2 nitrogen and oxygen atoms in total. The molecule has 2 saturated heterocycles. The zero-order valence-electron chi connectivity index (χ0n) is 9.24. The molecule has 2 heterocycles. The lowest BCUT2D eigenvalue weighted by atomic mass is 9.80. The summed E-state index contributed by atoms with van der Waals surface area (Å²) in [5.41, 5.74) is 0.562. The van der Waals surface area contributed by atoms with E-state index in [0.717, 1.165) is 18.4 Å². The first-order chi connectivity index (χ1) is 7.66. The Balaban J connectivity index is 2.18. The number of hydrogen-bond donors (Lipinski definition) is 0. The quantitative estimate of drug-likeness (QED) is 0.746. The van der Waals surface area contributed by atoms with Crippen molar-refractivity contribution in [2.24, 2.45) is 0 Å². The van der Waals surface area contributed by atoms with Crippen LogP contribution in [-0.4, -0.2) is 23.8 Å². The summed E-state index contributed by atoms with van der Waals surface area (Å²) in [6.07, 6.45) is 2.70. The van der Waals surface area contributed by atoms with Gasteiger partial charge in [0.25, 0.3) is 0 Å². The van der Waals surface area contributed by atoms with Crippen LogP contribution in [0.5, 0.6) is 0 Å². The molecule has 84 valence electrons. The molecule has 0 aromatic heterocycles. The highest BCUT2D eigenvalue weighted by Crippen LogP contribution is 2.50. The van der Waals surface area contributed by atoms with E-state index in [0.29, 0.717) is 23.3 Å². The fraction of sp³-hybridized carbons (Fsp3) is 0.462. The maximum absolute atomic E-state index is 12.2. The topological polar surface area (TPSA) is 20.3 Å². The van der Waals surface area contributed by atoms with Crippen molar-refractivity contribution < 1.29 is 4.79 Å². The maximum atomic E-state index is 12.2. The number of ketones is 1. The van der Waals surface area contributed by atoms with Gasteiger partial charge < -0.3 is 0 Å². The van der Waals surface area contributed by atoms with Crippen molar-refractivity contribution in [2.75, 3.05) is 7.05 Å². The third kappa shape index (κ3) is 1.09. The lowest BCUT2D eigenvalue weighted by Gasteiger charge is -2.31. The summed E-state index contributed by atoms with van der Waals surface area (Å²) in [4.78, 5) is 14.4. The highest BCUT2D eigenvalue weighted by molar-refractivity contribution is 6.31. The molecule has 3 heteroatoms. The minimum Gasteiger partial charge on any atom is -0.297 e. The molecule has 2 fully saturated rings. The van der Waals surface area contributed by atoms with Crippen molar-refractivity contribution in [3.05, 3.63) is 34.9 Å². The third-order valence-corrected chi connectivity index (χ3v) is 4.52. The predicted molar refractivity (Wildman–Crippen MR) is 63.5 cm³/mol. The lowest BCUT2D eigenvalue weighted by molar-refractivity contribution is -0.125. The number of hydrogen-bond acceptors (Lipinski definition) is 2. The molecule has 1 aromatic carbocycles. The van der Waals surface area contributed by atoms with E-state index in [1.165, 1.54) is 0 Å². The van der Waals surface area contributed by atoms with E-state index >= 15 is 0 Å². The van der Waals surface area contributed by atoms with Crippen molar-refractivity contribution in [3.8, 4) is 0 Å². The molecule has 3 rings (SSSR count). The molecule has 0 N–H and O–H groups in total. The van der Waals surface area contributed by atoms with Crippen molar-refractivity contribution in [1.82, 2.24) is 4.90 Å². The number of likely N-dealkylation sites (N-methyl/N-ethyl adjacent to an activating group) is 1. The highest BCUT2D eigenvalue weighted by atomic mass is 35.5. The van der Waals surface area contributed by atoms with Gasteiger partial charge in [0, 0.05) is 17.5 Å². The first-order valence-corrected chi connectivity index (χ1v) is 6.05. The standard InChI is InChI=1S/C13H14ClNO/c1-15-9-6-7-13(15,12(16)8-9)10-4-2-3-5-11(10)14/h2-5,9H,6-8H2,1H3/t9-,13+/m0/s1. The number of rotatable bonds is 1. The zero-order valence-corrected chi connectivity index (χ0v) is 10.00. The molecule has 16 heavy (non-hydrogen) atoms. The molecular weight excluding hydrogens is 222 g/mol. The summed E-state index contributed by atoms with van der Waals surface area (Å²) in [7, 11) is 2.05. The van der Waals surface area contributed by atoms with Crippen LogP contribution in [0, 0.1) is 0 Å². The van der Waals surface area contributed by atoms with Crippen LogP contribution in [0.1, 0.15) is 24.8 Å². The second-order valence-corrected chi connectivity index (χ2v) is 5.18. The van der Waals surface area contributed by atoms with E-state index in [-0.39, 0.29) is 0 Å². The molecule has 2 bridgehead atoms. The van der Waals surface area contributed by atoms with Crippen LogP contribution < -0.4 is 0 Å². The second-order valence-electron chi connectivity index (χ2n) is 4.77. The van der Waals surface area contributed by atoms with Gasteiger partial charge in [-0.25, -0.2) is 0 Å². The summed E-state index contributed by atoms with van der Waals surface area (Å²) >= 11 is 6.24. The van der Waals surface area contributed by atoms with Gasteiger partial charge in [-0.2, -0.15) is 0 Å². The fourth-order valence-electron chi connectivity index (χ4n) is 3.29. The Morgan fingerprint density at radius 2 is 2.19 bits per heavy atom. The minimum absolute atomic E-state index is 0.333. The number of carbonyl (C=O) groups excluding carboxylic acids is 1. The monoisotopic (exact) mass is 235 g/mol. The molecule has 1 aromatic rings. The van der Waals surface area contributed by atoms with E-state index in [2.05, 4.69) is 4.90 Å². The van der Waals surface area contributed by atoms with Gasteiger partial charge in [0.2, 0.25) is 0 Å². The van der Waals surface area contributed by atoms with Gasteiger partial charge >= 0.3 is 0 Å². The summed E-state index contributed by atoms with van der Waals surface area (Å²) in [6, 6.07) is 8.16. The Morgan fingerprint density at radius 3 is 2.75 bits per heavy atom. The number of carbonyl (C=O) groups is 1. The Hall–Kier alpha value is -0.860. The second kappa shape index (κ2) is 3.31. The van der Waals surface area contributed by atoms with E-state index < -0.39 is 5.54 Å². The van der Waals surface area contributed by atoms with Crippen LogP contribution in [0.15, 0.2) is 24.3 Å². The molecule has 2 atom stereocenters. The van der Waals surface area contributed by atoms with Crippen LogP contribution in [0.2, 0.25) is 5.02 Å². The summed E-state index contributed by atoms with van der Waals surface area (Å²) in [5.74, 6) is 0.333. The molecule has 2 aliphatic heterocycles. The SMILES string of the molecule is CN1[C@H]2CC[C@@]1(c1ccccc1Cl)C(=O)C2. The van der Waals surface area contributed by atoms with Crippen molar-refractivity contribution in [2.45, 2.75) is 30.8 Å². The van der Waals surface area contributed by atoms with Crippen LogP contribution in [0.4, 0.5) is 0 Å². The van der Waals surface area contributed by atoms with E-state index in [1.54, 1.807) is 0 Å². The predicted octanol–water partition coefficient (Wildman–Crippen LogP) is 2.60. The number of nitrogens with zero attached hydrogens (tertiary/aromatic N) is 1. The molecule has 2 aliphatic rings. The van der Waals surface area contributed by atoms with Gasteiger partial charge in [-0.05, 0) is 31.5 Å². The molecular formula is C13H14ClNO. The van der Waals surface area contributed by atoms with Crippen molar-refractivity contribution in [3.63, 3.8) is 0 Å². The normalized spacial score (nSPS) is 33.6. The van der Waals surface area contributed by atoms with Crippen LogP contribution >= 0.6 is 11.6 Å². The Bertz CT molecular complexity index is 459. The van der Waals surface area contributed by atoms with E-state index in [4.69, 9.17) is 11.6 Å². The van der Waals surface area contributed by atoms with Gasteiger partial charge in [-0.3, -0.25) is 9.69 Å². The molecule has 0 unspecified atom stereocenters. The average molecular weight is 236 g/mol. The third-order valence-electron chi connectivity index (χ3n) is 4.19. The zero-order chi connectivity index (χ0) is 11.3. The Morgan fingerprint density at radius 1 is 1.44 bits per heavy atom. The molecule has 0 saturated carbocycles. The summed E-state index contributed by atoms with van der Waals surface area (Å²) < 4.78 is 0. The number of fused-ring (bicyclic) bond motifs is 2. The average Bonchev–Trinajstić information content (AvgIpc) is 2.70. The van der Waals surface area contributed by atoms with Crippen LogP contribution in [0.3, 0.4) is 0 Å². The van der Waals surface area contributed by atoms with Gasteiger partial charge in [0.15, 0.2) is 5.78 Å². The van der Waals surface area contributed by atoms with Gasteiger partial charge in [0.05, 0.1) is 0 Å². The van der Waals surface area contributed by atoms with Crippen LogP contribution in [0.25, 0.3) is 0 Å². The van der Waals surface area contributed by atoms with E-state index in [9.17, 15) is 4.79 Å². The summed E-state index contributed by atoms with van der Waals surface area (Å²) in [6.45, 7) is 0. The lowest BCUT2D eigenvalue weighted by Crippen LogP contribution is -2.40. The largest absolute Gasteiger partial charge is 0.297 e. The van der Waals surface area contributed by atoms with Gasteiger partial charge in [-0.15, -0.1) is 0 Å². The molecule has 0 amide bonds. The Labute approximate surface area is 100 Å². The smallest absolute Gasteiger partial charge is 0.159 e. The van der Waals surface area contributed by atoms with Gasteiger partial charge in [-0.1, -0.05) is 29.8 Å². The number of benzene rings is 1. The maximum Gasteiger partial charge on any atom is 0.159 e. The van der Waals surface area contributed by atoms with Crippen molar-refractivity contribution in [1.29, 1.82) is 0 Å². The number of Topliss-reactive ketones (excluding diaryl/α,β-unsaturated/α-hetero) is 1. The fourth-order valence-corrected chi connectivity index (χ4v) is 3.58. The molecule has 0 aliphatic carbocycles. The molecule has 0 spiro atoms. The van der Waals surface area contributed by atoms with E-state index in [1.807, 2.05) is 31.3 Å². The van der Waals surface area contributed by atoms with Crippen LogP contribution in [-0.2, 0) is 10.3 Å². The first kappa shape index (κ1) is 10.3. The Kier molecular flexibility index (Phi) is 2.13. The summed E-state index contributed by atoms with van der Waals surface area (Å²) in [5, 5.41) is 0.713. The number of halogens is 1. The highest BCUT2D eigenvalue weighted by Gasteiger charge is 2.57. The first-order valence-electron chi connectivity index (χ1n) is 5.67. The van der Waals surface area contributed by atoms with Gasteiger partial charge in [0.1, 0.15) is 5.54 Å².